The maximum absolute atomic E-state index is 11.3. The van der Waals surface area contributed by atoms with E-state index in [9.17, 15) is 4.79 Å². The van der Waals surface area contributed by atoms with Gasteiger partial charge in [-0.3, -0.25) is 4.79 Å². The van der Waals surface area contributed by atoms with Crippen LogP contribution in [-0.4, -0.2) is 11.8 Å². The van der Waals surface area contributed by atoms with Crippen molar-refractivity contribution in [1.82, 2.24) is 5.32 Å². The summed E-state index contributed by atoms with van der Waals surface area (Å²) in [4.78, 5) is 11.3. The van der Waals surface area contributed by atoms with Crippen molar-refractivity contribution in [2.75, 3.05) is 5.88 Å². The largest absolute Gasteiger partial charge is 0.350 e. The second kappa shape index (κ2) is 6.13. The van der Waals surface area contributed by atoms with Crippen molar-refractivity contribution in [3.63, 3.8) is 0 Å². The number of halogens is 2. The lowest BCUT2D eigenvalue weighted by molar-refractivity contribution is -0.121. The summed E-state index contributed by atoms with van der Waals surface area (Å²) < 4.78 is 1.00. The Morgan fingerprint density at radius 2 is 2.20 bits per heavy atom. The van der Waals surface area contributed by atoms with Gasteiger partial charge in [0.1, 0.15) is 0 Å². The van der Waals surface area contributed by atoms with Gasteiger partial charge in [0.05, 0.1) is 6.04 Å². The van der Waals surface area contributed by atoms with Crippen LogP contribution in [0.1, 0.15) is 24.9 Å². The molecule has 2 nitrogen and oxygen atoms in total. The normalized spacial score (nSPS) is 12.2. The lowest BCUT2D eigenvalue weighted by atomic mass is 10.1. The van der Waals surface area contributed by atoms with Crippen molar-refractivity contribution in [2.24, 2.45) is 0 Å². The highest BCUT2D eigenvalue weighted by Gasteiger charge is 2.10. The molecule has 1 aromatic rings. The van der Waals surface area contributed by atoms with Crippen molar-refractivity contribution in [3.05, 3.63) is 34.3 Å². The van der Waals surface area contributed by atoms with Gasteiger partial charge in [-0.05, 0) is 18.6 Å². The fourth-order valence-corrected chi connectivity index (χ4v) is 2.10. The van der Waals surface area contributed by atoms with Gasteiger partial charge in [0, 0.05) is 16.8 Å². The van der Waals surface area contributed by atoms with Gasteiger partial charge in [-0.25, -0.2) is 0 Å². The van der Waals surface area contributed by atoms with E-state index in [4.69, 9.17) is 11.6 Å². The fraction of sp³-hybridized carbons (Fsp3) is 0.364. The Labute approximate surface area is 103 Å². The average Bonchev–Trinajstić information content (AvgIpc) is 2.18. The van der Waals surface area contributed by atoms with Gasteiger partial charge in [-0.15, -0.1) is 11.6 Å². The SMILES string of the molecule is C[C@H](NC(=O)CCCl)c1ccccc1Br. The third kappa shape index (κ3) is 3.84. The van der Waals surface area contributed by atoms with Crippen LogP contribution < -0.4 is 5.32 Å². The van der Waals surface area contributed by atoms with Gasteiger partial charge in [0.25, 0.3) is 0 Å². The van der Waals surface area contributed by atoms with E-state index in [2.05, 4.69) is 21.2 Å². The molecule has 1 amide bonds. The highest BCUT2D eigenvalue weighted by atomic mass is 79.9. The number of amides is 1. The number of nitrogens with one attached hydrogen (secondary N) is 1. The molecule has 0 unspecified atom stereocenters. The van der Waals surface area contributed by atoms with Gasteiger partial charge in [0.15, 0.2) is 0 Å². The van der Waals surface area contributed by atoms with Crippen molar-refractivity contribution >= 4 is 33.4 Å². The molecule has 4 heteroatoms. The molecule has 0 fully saturated rings. The van der Waals surface area contributed by atoms with E-state index in [1.165, 1.54) is 0 Å². The Morgan fingerprint density at radius 3 is 2.80 bits per heavy atom. The molecule has 0 radical (unpaired) electrons. The summed E-state index contributed by atoms with van der Waals surface area (Å²) in [6, 6.07) is 7.83. The second-order valence-electron chi connectivity index (χ2n) is 3.25. The van der Waals surface area contributed by atoms with E-state index < -0.39 is 0 Å². The zero-order chi connectivity index (χ0) is 11.3. The number of carbonyl (C=O) groups is 1. The molecule has 1 rings (SSSR count). The zero-order valence-corrected chi connectivity index (χ0v) is 10.8. The van der Waals surface area contributed by atoms with Crippen LogP contribution >= 0.6 is 27.5 Å². The second-order valence-corrected chi connectivity index (χ2v) is 4.48. The van der Waals surface area contributed by atoms with Crippen molar-refractivity contribution in [2.45, 2.75) is 19.4 Å². The Hall–Kier alpha value is -0.540. The minimum atomic E-state index is -0.0201. The maximum Gasteiger partial charge on any atom is 0.221 e. The molecule has 0 aliphatic carbocycles. The number of alkyl halides is 1. The Bertz CT molecular complexity index is 343. The molecule has 0 bridgehead atoms. The Kier molecular flexibility index (Phi) is 5.12. The van der Waals surface area contributed by atoms with Gasteiger partial charge in [-0.2, -0.15) is 0 Å². The number of carbonyl (C=O) groups excluding carboxylic acids is 1. The van der Waals surface area contributed by atoms with Gasteiger partial charge in [-0.1, -0.05) is 34.1 Å². The predicted molar refractivity (Wildman–Crippen MR) is 66.0 cm³/mol. The summed E-state index contributed by atoms with van der Waals surface area (Å²) in [6.45, 7) is 1.95. The van der Waals surface area contributed by atoms with Gasteiger partial charge < -0.3 is 5.32 Å². The van der Waals surface area contributed by atoms with Crippen molar-refractivity contribution in [3.8, 4) is 0 Å². The van der Waals surface area contributed by atoms with Crippen molar-refractivity contribution < 1.29 is 4.79 Å². The maximum atomic E-state index is 11.3. The van der Waals surface area contributed by atoms with Crippen LogP contribution in [0.2, 0.25) is 0 Å². The monoisotopic (exact) mass is 289 g/mol. The van der Waals surface area contributed by atoms with E-state index in [0.717, 1.165) is 10.0 Å². The molecule has 1 atom stereocenters. The quantitative estimate of drug-likeness (QED) is 0.847. The standard InChI is InChI=1S/C11H13BrClNO/c1-8(14-11(15)6-7-13)9-4-2-3-5-10(9)12/h2-5,8H,6-7H2,1H3,(H,14,15)/t8-/m0/s1. The van der Waals surface area contributed by atoms with E-state index in [1.54, 1.807) is 0 Å². The Morgan fingerprint density at radius 1 is 1.53 bits per heavy atom. The van der Waals surface area contributed by atoms with Crippen LogP contribution in [0.3, 0.4) is 0 Å². The first-order valence-corrected chi connectivity index (χ1v) is 6.07. The molecule has 0 aliphatic heterocycles. The third-order valence-corrected chi connectivity index (χ3v) is 2.98. The smallest absolute Gasteiger partial charge is 0.221 e. The molecule has 0 aliphatic rings. The molecule has 1 aromatic carbocycles. The fourth-order valence-electron chi connectivity index (χ4n) is 1.30. The van der Waals surface area contributed by atoms with Gasteiger partial charge >= 0.3 is 0 Å². The molecule has 0 heterocycles. The minimum absolute atomic E-state index is 0.00343. The first-order valence-electron chi connectivity index (χ1n) is 4.75. The summed E-state index contributed by atoms with van der Waals surface area (Å²) in [6.07, 6.45) is 0.357. The predicted octanol–water partition coefficient (Wildman–Crippen LogP) is 3.26. The van der Waals surface area contributed by atoms with Gasteiger partial charge in [0.2, 0.25) is 5.91 Å². The zero-order valence-electron chi connectivity index (χ0n) is 8.47. The summed E-state index contributed by atoms with van der Waals surface area (Å²) in [5.41, 5.74) is 1.07. The summed E-state index contributed by atoms with van der Waals surface area (Å²) in [5.74, 6) is 0.336. The molecule has 0 aromatic heterocycles. The lowest BCUT2D eigenvalue weighted by Crippen LogP contribution is -2.26. The van der Waals surface area contributed by atoms with Crippen LogP contribution in [0.15, 0.2) is 28.7 Å². The first kappa shape index (κ1) is 12.5. The van der Waals surface area contributed by atoms with Crippen LogP contribution in [0.25, 0.3) is 0 Å². The molecule has 0 saturated heterocycles. The average molecular weight is 291 g/mol. The van der Waals surface area contributed by atoms with E-state index in [-0.39, 0.29) is 11.9 Å². The summed E-state index contributed by atoms with van der Waals surface area (Å²) >= 11 is 8.94. The molecule has 82 valence electrons. The van der Waals surface area contributed by atoms with Crippen LogP contribution in [0, 0.1) is 0 Å². The van der Waals surface area contributed by atoms with E-state index in [1.807, 2.05) is 31.2 Å². The minimum Gasteiger partial charge on any atom is -0.350 e. The van der Waals surface area contributed by atoms with E-state index >= 15 is 0 Å². The van der Waals surface area contributed by atoms with E-state index in [0.29, 0.717) is 12.3 Å². The molecular weight excluding hydrogens is 277 g/mol. The molecular formula is C11H13BrClNO. The summed E-state index contributed by atoms with van der Waals surface area (Å²) in [5, 5.41) is 2.88. The topological polar surface area (TPSA) is 29.1 Å². The molecule has 15 heavy (non-hydrogen) atoms. The molecule has 1 N–H and O–H groups in total. The number of hydrogen-bond donors (Lipinski definition) is 1. The molecule has 0 saturated carbocycles. The highest BCUT2D eigenvalue weighted by Crippen LogP contribution is 2.22. The van der Waals surface area contributed by atoms with Crippen molar-refractivity contribution in [1.29, 1.82) is 0 Å². The highest BCUT2D eigenvalue weighted by molar-refractivity contribution is 9.10. The number of benzene rings is 1. The van der Waals surface area contributed by atoms with Crippen LogP contribution in [0.5, 0.6) is 0 Å². The lowest BCUT2D eigenvalue weighted by Gasteiger charge is -2.15. The summed E-state index contributed by atoms with van der Waals surface area (Å²) in [7, 11) is 0. The molecule has 0 spiro atoms. The van der Waals surface area contributed by atoms with Crippen LogP contribution in [0.4, 0.5) is 0 Å². The number of rotatable bonds is 4. The Balaban J connectivity index is 2.65. The van der Waals surface area contributed by atoms with Crippen LogP contribution in [-0.2, 0) is 4.79 Å². The third-order valence-electron chi connectivity index (χ3n) is 2.07. The first-order chi connectivity index (χ1) is 7.15. The number of hydrogen-bond acceptors (Lipinski definition) is 1.